The Morgan fingerprint density at radius 2 is 1.56 bits per heavy atom. The summed E-state index contributed by atoms with van der Waals surface area (Å²) >= 11 is 0. The molecule has 0 amide bonds. The van der Waals surface area contributed by atoms with Crippen LogP contribution in [0.3, 0.4) is 0 Å². The van der Waals surface area contributed by atoms with Gasteiger partial charge < -0.3 is 5.11 Å². The maximum Gasteiger partial charge on any atom is 0.419 e. The third-order valence-electron chi connectivity index (χ3n) is 4.59. The minimum absolute atomic E-state index is 0.0496. The van der Waals surface area contributed by atoms with Gasteiger partial charge in [-0.15, -0.1) is 0 Å². The van der Waals surface area contributed by atoms with Gasteiger partial charge in [0.25, 0.3) is 0 Å². The fourth-order valence-corrected chi connectivity index (χ4v) is 4.10. The van der Waals surface area contributed by atoms with Crippen molar-refractivity contribution in [3.63, 3.8) is 0 Å². The molecule has 0 aliphatic carbocycles. The predicted molar refractivity (Wildman–Crippen MR) is 110 cm³/mol. The summed E-state index contributed by atoms with van der Waals surface area (Å²) in [6.45, 7) is -0.0496. The number of sulfonamides is 1. The predicted octanol–water partition coefficient (Wildman–Crippen LogP) is 4.83. The first-order valence-electron chi connectivity index (χ1n) is 9.20. The maximum atomic E-state index is 13.9. The molecule has 0 fully saturated rings. The van der Waals surface area contributed by atoms with E-state index in [-0.39, 0.29) is 17.7 Å². The zero-order valence-corrected chi connectivity index (χ0v) is 17.2. The van der Waals surface area contributed by atoms with Crippen molar-refractivity contribution < 1.29 is 35.9 Å². The standard InChI is InChI=1S/C22H17F4NO4S/c23-20-11-18(8-9-19(20)22(24,25)26)17-3-1-2-15(10-17)13-32(30,31)27-12-14-4-6-16(7-5-14)21(28)29/h1-11,27H,12-13H2,(H,28,29). The Balaban J connectivity index is 1.72. The van der Waals surface area contributed by atoms with E-state index >= 15 is 0 Å². The number of alkyl halides is 3. The monoisotopic (exact) mass is 467 g/mol. The molecule has 0 saturated heterocycles. The Labute approximate surface area is 181 Å². The fraction of sp³-hybridized carbons (Fsp3) is 0.136. The van der Waals surface area contributed by atoms with Crippen molar-refractivity contribution in [1.82, 2.24) is 4.72 Å². The van der Waals surface area contributed by atoms with Gasteiger partial charge in [0.05, 0.1) is 16.9 Å². The third-order valence-corrected chi connectivity index (χ3v) is 5.89. The molecule has 3 aromatic carbocycles. The Kier molecular flexibility index (Phi) is 6.65. The SMILES string of the molecule is O=C(O)c1ccc(CNS(=O)(=O)Cc2cccc(-c3ccc(C(F)(F)F)c(F)c3)c2)cc1. The number of carboxylic acid groups (broad SMARTS) is 1. The van der Waals surface area contributed by atoms with Gasteiger partial charge in [-0.25, -0.2) is 22.3 Å². The first kappa shape index (κ1) is 23.4. The number of aromatic carboxylic acids is 1. The van der Waals surface area contributed by atoms with Crippen LogP contribution in [0.25, 0.3) is 11.1 Å². The van der Waals surface area contributed by atoms with E-state index < -0.39 is 39.3 Å². The quantitative estimate of drug-likeness (QED) is 0.488. The van der Waals surface area contributed by atoms with E-state index in [1.165, 1.54) is 48.5 Å². The zero-order valence-electron chi connectivity index (χ0n) is 16.4. The van der Waals surface area contributed by atoms with E-state index in [2.05, 4.69) is 4.72 Å². The molecule has 168 valence electrons. The van der Waals surface area contributed by atoms with Crippen LogP contribution in [0, 0.1) is 5.82 Å². The van der Waals surface area contributed by atoms with Gasteiger partial charge in [0.1, 0.15) is 5.82 Å². The van der Waals surface area contributed by atoms with Crippen molar-refractivity contribution in [3.8, 4) is 11.1 Å². The molecule has 3 rings (SSSR count). The van der Waals surface area contributed by atoms with Crippen LogP contribution in [0.2, 0.25) is 0 Å². The first-order chi connectivity index (χ1) is 14.9. The number of halogens is 4. The molecule has 0 unspecified atom stereocenters. The lowest BCUT2D eigenvalue weighted by atomic mass is 10.0. The van der Waals surface area contributed by atoms with Crippen LogP contribution in [-0.2, 0) is 28.5 Å². The molecular formula is C22H17F4NO4S. The number of benzene rings is 3. The van der Waals surface area contributed by atoms with E-state index in [1.807, 2.05) is 0 Å². The lowest BCUT2D eigenvalue weighted by Gasteiger charge is -2.11. The second kappa shape index (κ2) is 9.09. The molecule has 0 aliphatic rings. The average Bonchev–Trinajstić information content (AvgIpc) is 2.71. The number of nitrogens with one attached hydrogen (secondary N) is 1. The normalized spacial score (nSPS) is 12.0. The van der Waals surface area contributed by atoms with Crippen LogP contribution in [0.15, 0.2) is 66.7 Å². The van der Waals surface area contributed by atoms with E-state index in [0.29, 0.717) is 22.8 Å². The van der Waals surface area contributed by atoms with Crippen LogP contribution >= 0.6 is 0 Å². The highest BCUT2D eigenvalue weighted by Crippen LogP contribution is 2.33. The zero-order chi connectivity index (χ0) is 23.5. The number of rotatable bonds is 7. The summed E-state index contributed by atoms with van der Waals surface area (Å²) in [4.78, 5) is 10.9. The third kappa shape index (κ3) is 5.92. The molecule has 0 bridgehead atoms. The van der Waals surface area contributed by atoms with Gasteiger partial charge in [0, 0.05) is 6.54 Å². The van der Waals surface area contributed by atoms with Gasteiger partial charge in [-0.1, -0.05) is 42.5 Å². The van der Waals surface area contributed by atoms with Crippen molar-refractivity contribution in [2.45, 2.75) is 18.5 Å². The number of carbonyl (C=O) groups is 1. The minimum atomic E-state index is -4.81. The van der Waals surface area contributed by atoms with E-state index in [0.717, 1.165) is 12.1 Å². The largest absolute Gasteiger partial charge is 0.478 e. The van der Waals surface area contributed by atoms with Crippen molar-refractivity contribution in [3.05, 3.63) is 94.8 Å². The highest BCUT2D eigenvalue weighted by atomic mass is 32.2. The lowest BCUT2D eigenvalue weighted by molar-refractivity contribution is -0.139. The molecule has 0 radical (unpaired) electrons. The number of hydrogen-bond donors (Lipinski definition) is 2. The van der Waals surface area contributed by atoms with Crippen LogP contribution < -0.4 is 4.72 Å². The summed E-state index contributed by atoms with van der Waals surface area (Å²) in [5.41, 5.74) is 0.175. The second-order valence-corrected chi connectivity index (χ2v) is 8.78. The molecular weight excluding hydrogens is 450 g/mol. The van der Waals surface area contributed by atoms with Gasteiger partial charge in [0.2, 0.25) is 10.0 Å². The molecule has 0 aliphatic heterocycles. The Hall–Kier alpha value is -3.24. The molecule has 0 atom stereocenters. The Bertz CT molecular complexity index is 1240. The van der Waals surface area contributed by atoms with Gasteiger partial charge in [0.15, 0.2) is 0 Å². The molecule has 0 saturated carbocycles. The van der Waals surface area contributed by atoms with Crippen LogP contribution in [0.4, 0.5) is 17.6 Å². The maximum absolute atomic E-state index is 13.9. The molecule has 3 aromatic rings. The molecule has 10 heteroatoms. The summed E-state index contributed by atoms with van der Waals surface area (Å²) in [6.07, 6.45) is -4.81. The topological polar surface area (TPSA) is 83.5 Å². The first-order valence-corrected chi connectivity index (χ1v) is 10.9. The van der Waals surface area contributed by atoms with E-state index in [1.54, 1.807) is 0 Å². The van der Waals surface area contributed by atoms with Crippen molar-refractivity contribution >= 4 is 16.0 Å². The van der Waals surface area contributed by atoms with Crippen LogP contribution in [0.5, 0.6) is 0 Å². The van der Waals surface area contributed by atoms with E-state index in [9.17, 15) is 30.8 Å². The van der Waals surface area contributed by atoms with Crippen LogP contribution in [-0.4, -0.2) is 19.5 Å². The summed E-state index contributed by atoms with van der Waals surface area (Å²) in [7, 11) is -3.78. The highest BCUT2D eigenvalue weighted by Gasteiger charge is 2.33. The van der Waals surface area contributed by atoms with Crippen LogP contribution in [0.1, 0.15) is 27.0 Å². The molecule has 0 heterocycles. The molecule has 5 nitrogen and oxygen atoms in total. The summed E-state index contributed by atoms with van der Waals surface area (Å²) < 4.78 is 79.3. The minimum Gasteiger partial charge on any atom is -0.478 e. The lowest BCUT2D eigenvalue weighted by Crippen LogP contribution is -2.24. The summed E-state index contributed by atoms with van der Waals surface area (Å²) in [6, 6.07) is 14.3. The highest BCUT2D eigenvalue weighted by molar-refractivity contribution is 7.88. The summed E-state index contributed by atoms with van der Waals surface area (Å²) in [5.74, 6) is -2.91. The summed E-state index contributed by atoms with van der Waals surface area (Å²) in [5, 5.41) is 8.89. The molecule has 2 N–H and O–H groups in total. The molecule has 0 spiro atoms. The Morgan fingerprint density at radius 1 is 0.906 bits per heavy atom. The van der Waals surface area contributed by atoms with E-state index in [4.69, 9.17) is 5.11 Å². The van der Waals surface area contributed by atoms with Gasteiger partial charge in [-0.2, -0.15) is 13.2 Å². The fourth-order valence-electron chi connectivity index (χ4n) is 2.99. The van der Waals surface area contributed by atoms with Gasteiger partial charge in [-0.3, -0.25) is 0 Å². The molecule has 32 heavy (non-hydrogen) atoms. The van der Waals surface area contributed by atoms with Crippen molar-refractivity contribution in [1.29, 1.82) is 0 Å². The number of carboxylic acids is 1. The van der Waals surface area contributed by atoms with Gasteiger partial charge >= 0.3 is 12.1 Å². The average molecular weight is 467 g/mol. The second-order valence-electron chi connectivity index (χ2n) is 6.98. The Morgan fingerprint density at radius 3 is 2.16 bits per heavy atom. The van der Waals surface area contributed by atoms with Gasteiger partial charge in [-0.05, 0) is 46.5 Å². The van der Waals surface area contributed by atoms with Crippen molar-refractivity contribution in [2.75, 3.05) is 0 Å². The van der Waals surface area contributed by atoms with Crippen molar-refractivity contribution in [2.24, 2.45) is 0 Å². The number of hydrogen-bond acceptors (Lipinski definition) is 3. The smallest absolute Gasteiger partial charge is 0.419 e. The molecule has 0 aromatic heterocycles.